The van der Waals surface area contributed by atoms with Gasteiger partial charge in [-0.3, -0.25) is 4.79 Å². The van der Waals surface area contributed by atoms with Crippen molar-refractivity contribution in [3.05, 3.63) is 53.3 Å². The summed E-state index contributed by atoms with van der Waals surface area (Å²) in [4.78, 5) is 23.1. The van der Waals surface area contributed by atoms with Gasteiger partial charge >= 0.3 is 5.97 Å². The van der Waals surface area contributed by atoms with Crippen molar-refractivity contribution >= 4 is 23.3 Å². The molecule has 2 rings (SSSR count). The second-order valence-electron chi connectivity index (χ2n) is 4.23. The van der Waals surface area contributed by atoms with Crippen LogP contribution in [-0.4, -0.2) is 22.1 Å². The zero-order chi connectivity index (χ0) is 15.6. The minimum absolute atomic E-state index is 0.00892. The molecule has 2 aromatic carbocycles. The highest BCUT2D eigenvalue weighted by atomic mass is 19.1. The van der Waals surface area contributed by atoms with Gasteiger partial charge < -0.3 is 21.3 Å². The van der Waals surface area contributed by atoms with Crippen LogP contribution >= 0.6 is 0 Å². The minimum Gasteiger partial charge on any atom is -0.507 e. The van der Waals surface area contributed by atoms with Crippen molar-refractivity contribution in [2.75, 3.05) is 11.1 Å². The number of carbonyl (C=O) groups excluding carboxylic acids is 1. The third kappa shape index (κ3) is 3.08. The van der Waals surface area contributed by atoms with Crippen molar-refractivity contribution in [2.45, 2.75) is 0 Å². The summed E-state index contributed by atoms with van der Waals surface area (Å²) >= 11 is 0. The van der Waals surface area contributed by atoms with E-state index in [1.165, 1.54) is 18.2 Å². The molecule has 2 aromatic rings. The van der Waals surface area contributed by atoms with Gasteiger partial charge in [-0.15, -0.1) is 0 Å². The number of hydrogen-bond acceptors (Lipinski definition) is 4. The number of aromatic carboxylic acids is 1. The lowest BCUT2D eigenvalue weighted by molar-refractivity contribution is 0.0698. The highest BCUT2D eigenvalue weighted by Gasteiger charge is 2.16. The fourth-order valence-electron chi connectivity index (χ4n) is 1.73. The summed E-state index contributed by atoms with van der Waals surface area (Å²) in [6.07, 6.45) is 0. The lowest BCUT2D eigenvalue weighted by Gasteiger charge is -2.10. The van der Waals surface area contributed by atoms with Crippen LogP contribution in [0.5, 0.6) is 5.75 Å². The van der Waals surface area contributed by atoms with Crippen LogP contribution in [0, 0.1) is 5.82 Å². The molecule has 0 aliphatic heterocycles. The fourth-order valence-corrected chi connectivity index (χ4v) is 1.73. The zero-order valence-electron chi connectivity index (χ0n) is 10.6. The lowest BCUT2D eigenvalue weighted by atomic mass is 10.1. The monoisotopic (exact) mass is 290 g/mol. The van der Waals surface area contributed by atoms with Gasteiger partial charge in [0.2, 0.25) is 0 Å². The van der Waals surface area contributed by atoms with Crippen LogP contribution in [0.25, 0.3) is 0 Å². The first kappa shape index (κ1) is 14.3. The van der Waals surface area contributed by atoms with Gasteiger partial charge in [0.15, 0.2) is 0 Å². The van der Waals surface area contributed by atoms with E-state index in [0.717, 1.165) is 18.2 Å². The second-order valence-corrected chi connectivity index (χ2v) is 4.23. The largest absolute Gasteiger partial charge is 0.507 e. The molecule has 0 bridgehead atoms. The number of phenolic OH excluding ortho intramolecular Hbond substituents is 1. The summed E-state index contributed by atoms with van der Waals surface area (Å²) < 4.78 is 13.1. The number of carbonyl (C=O) groups is 2. The molecule has 0 saturated carbocycles. The first-order valence-electron chi connectivity index (χ1n) is 5.81. The van der Waals surface area contributed by atoms with E-state index in [0.29, 0.717) is 0 Å². The molecular weight excluding hydrogens is 279 g/mol. The number of carboxylic acid groups (broad SMARTS) is 1. The van der Waals surface area contributed by atoms with Crippen LogP contribution < -0.4 is 11.1 Å². The minimum atomic E-state index is -1.28. The second kappa shape index (κ2) is 5.49. The predicted molar refractivity (Wildman–Crippen MR) is 73.8 cm³/mol. The molecule has 21 heavy (non-hydrogen) atoms. The Morgan fingerprint density at radius 3 is 2.48 bits per heavy atom. The molecule has 1 amide bonds. The van der Waals surface area contributed by atoms with Crippen LogP contribution in [0.4, 0.5) is 15.8 Å². The molecule has 0 radical (unpaired) electrons. The van der Waals surface area contributed by atoms with Crippen molar-refractivity contribution in [2.24, 2.45) is 0 Å². The molecule has 0 aliphatic carbocycles. The first-order valence-corrected chi connectivity index (χ1v) is 5.81. The van der Waals surface area contributed by atoms with E-state index < -0.39 is 23.4 Å². The number of aromatic hydroxyl groups is 1. The van der Waals surface area contributed by atoms with E-state index in [9.17, 15) is 19.1 Å². The number of nitrogen functional groups attached to an aromatic ring is 1. The number of anilines is 2. The molecule has 0 aromatic heterocycles. The van der Waals surface area contributed by atoms with Crippen molar-refractivity contribution in [1.82, 2.24) is 0 Å². The molecule has 0 saturated heterocycles. The van der Waals surface area contributed by atoms with Gasteiger partial charge in [-0.2, -0.15) is 0 Å². The summed E-state index contributed by atoms with van der Waals surface area (Å²) in [5.74, 6) is -3.23. The third-order valence-corrected chi connectivity index (χ3v) is 2.73. The molecule has 7 heteroatoms. The Morgan fingerprint density at radius 2 is 1.81 bits per heavy atom. The normalized spacial score (nSPS) is 10.1. The van der Waals surface area contributed by atoms with E-state index in [4.69, 9.17) is 10.8 Å². The number of amides is 1. The van der Waals surface area contributed by atoms with Crippen molar-refractivity contribution < 1.29 is 24.2 Å². The molecular formula is C14H11FN2O4. The zero-order valence-corrected chi connectivity index (χ0v) is 10.6. The van der Waals surface area contributed by atoms with Crippen molar-refractivity contribution in [1.29, 1.82) is 0 Å². The summed E-state index contributed by atoms with van der Waals surface area (Å²) in [7, 11) is 0. The molecule has 0 unspecified atom stereocenters. The highest BCUT2D eigenvalue weighted by molar-refractivity contribution is 6.09. The van der Waals surface area contributed by atoms with Crippen LogP contribution in [0.3, 0.4) is 0 Å². The number of phenols is 1. The Hall–Kier alpha value is -3.09. The Kier molecular flexibility index (Phi) is 3.75. The number of carboxylic acids is 1. The van der Waals surface area contributed by atoms with Crippen LogP contribution in [0.2, 0.25) is 0 Å². The van der Waals surface area contributed by atoms with Crippen LogP contribution in [-0.2, 0) is 0 Å². The van der Waals surface area contributed by atoms with Crippen LogP contribution in [0.1, 0.15) is 20.7 Å². The molecule has 0 heterocycles. The number of benzene rings is 2. The molecule has 108 valence electrons. The summed E-state index contributed by atoms with van der Waals surface area (Å²) in [6.45, 7) is 0. The first-order chi connectivity index (χ1) is 9.88. The summed E-state index contributed by atoms with van der Waals surface area (Å²) in [5, 5.41) is 20.9. The van der Waals surface area contributed by atoms with E-state index >= 15 is 0 Å². The Morgan fingerprint density at radius 1 is 1.10 bits per heavy atom. The number of rotatable bonds is 3. The summed E-state index contributed by atoms with van der Waals surface area (Å²) in [5.41, 5.74) is 5.19. The Labute approximate surface area is 118 Å². The van der Waals surface area contributed by atoms with Gasteiger partial charge in [-0.1, -0.05) is 0 Å². The molecule has 0 atom stereocenters. The van der Waals surface area contributed by atoms with Gasteiger partial charge in [0.1, 0.15) is 11.6 Å². The van der Waals surface area contributed by atoms with E-state index in [1.54, 1.807) is 0 Å². The van der Waals surface area contributed by atoms with Crippen LogP contribution in [0.15, 0.2) is 36.4 Å². The van der Waals surface area contributed by atoms with Crippen molar-refractivity contribution in [3.63, 3.8) is 0 Å². The number of hydrogen-bond donors (Lipinski definition) is 4. The maximum absolute atomic E-state index is 13.1. The fraction of sp³-hybridized carbons (Fsp3) is 0. The SMILES string of the molecule is Nc1ccc(NC(=O)c2cc(F)ccc2O)c(C(=O)O)c1. The molecule has 6 nitrogen and oxygen atoms in total. The van der Waals surface area contributed by atoms with E-state index in [2.05, 4.69) is 5.32 Å². The van der Waals surface area contributed by atoms with Gasteiger partial charge in [0.25, 0.3) is 5.91 Å². The lowest BCUT2D eigenvalue weighted by Crippen LogP contribution is -2.15. The quantitative estimate of drug-likeness (QED) is 0.646. The average molecular weight is 290 g/mol. The Balaban J connectivity index is 2.36. The highest BCUT2D eigenvalue weighted by Crippen LogP contribution is 2.23. The maximum atomic E-state index is 13.1. The molecule has 5 N–H and O–H groups in total. The number of nitrogens with two attached hydrogens (primary N) is 1. The molecule has 0 spiro atoms. The van der Waals surface area contributed by atoms with E-state index in [1.807, 2.05) is 0 Å². The Bertz CT molecular complexity index is 731. The topological polar surface area (TPSA) is 113 Å². The smallest absolute Gasteiger partial charge is 0.337 e. The van der Waals surface area contributed by atoms with Gasteiger partial charge in [0, 0.05) is 5.69 Å². The number of nitrogens with one attached hydrogen (secondary N) is 1. The molecule has 0 aliphatic rings. The van der Waals surface area contributed by atoms with Gasteiger partial charge in [-0.05, 0) is 36.4 Å². The summed E-state index contributed by atoms with van der Waals surface area (Å²) in [6, 6.07) is 6.79. The molecule has 0 fully saturated rings. The maximum Gasteiger partial charge on any atom is 0.337 e. The van der Waals surface area contributed by atoms with Crippen molar-refractivity contribution in [3.8, 4) is 5.75 Å². The standard InChI is InChI=1S/C14H11FN2O4/c15-7-1-4-12(18)10(5-7)13(19)17-11-3-2-8(16)6-9(11)14(20)21/h1-6,18H,16H2,(H,17,19)(H,20,21). The third-order valence-electron chi connectivity index (χ3n) is 2.73. The van der Waals surface area contributed by atoms with Gasteiger partial charge in [-0.25, -0.2) is 9.18 Å². The number of halogens is 1. The average Bonchev–Trinajstić information content (AvgIpc) is 2.43. The van der Waals surface area contributed by atoms with Gasteiger partial charge in [0.05, 0.1) is 16.8 Å². The predicted octanol–water partition coefficient (Wildman–Crippen LogP) is 2.06. The van der Waals surface area contributed by atoms with E-state index in [-0.39, 0.29) is 22.5 Å².